The van der Waals surface area contributed by atoms with E-state index in [4.69, 9.17) is 21.7 Å². The molecule has 2 aromatic carbocycles. The Hall–Kier alpha value is -2.13. The first-order chi connectivity index (χ1) is 12.6. The molecule has 0 bridgehead atoms. The van der Waals surface area contributed by atoms with Crippen LogP contribution in [0.1, 0.15) is 24.5 Å². The predicted octanol–water partition coefficient (Wildman–Crippen LogP) is 4.38. The lowest BCUT2D eigenvalue weighted by atomic mass is 10.1. The molecule has 0 aliphatic carbocycles. The molecule has 1 aliphatic heterocycles. The van der Waals surface area contributed by atoms with Gasteiger partial charge in [0.1, 0.15) is 11.9 Å². The minimum atomic E-state index is -0.225. The summed E-state index contributed by atoms with van der Waals surface area (Å²) in [5.41, 5.74) is 1.94. The average Bonchev–Trinajstić information content (AvgIpc) is 2.67. The molecule has 26 heavy (non-hydrogen) atoms. The number of hydrogen-bond donors (Lipinski definition) is 0. The zero-order valence-corrected chi connectivity index (χ0v) is 15.4. The summed E-state index contributed by atoms with van der Waals surface area (Å²) < 4.78 is 14.2. The Balaban J connectivity index is 1.94. The van der Waals surface area contributed by atoms with Gasteiger partial charge in [-0.3, -0.25) is 4.84 Å². The van der Waals surface area contributed by atoms with Gasteiger partial charge in [0.25, 0.3) is 0 Å². The molecule has 136 valence electrons. The fourth-order valence-electron chi connectivity index (χ4n) is 3.19. The minimum Gasteiger partial charge on any atom is -0.363 e. The number of anilines is 1. The Kier molecular flexibility index (Phi) is 6.10. The number of rotatable bonds is 5. The lowest BCUT2D eigenvalue weighted by molar-refractivity contribution is -0.182. The van der Waals surface area contributed by atoms with Crippen LogP contribution in [0.5, 0.6) is 0 Å². The van der Waals surface area contributed by atoms with Crippen LogP contribution in [0.3, 0.4) is 0 Å². The van der Waals surface area contributed by atoms with Crippen LogP contribution in [-0.4, -0.2) is 30.8 Å². The van der Waals surface area contributed by atoms with Gasteiger partial charge in [0.05, 0.1) is 17.2 Å². The Morgan fingerprint density at radius 1 is 1.35 bits per heavy atom. The summed E-state index contributed by atoms with van der Waals surface area (Å²) in [6.45, 7) is 4.61. The third kappa shape index (κ3) is 4.16. The monoisotopic (exact) mass is 373 g/mol. The van der Waals surface area contributed by atoms with Gasteiger partial charge in [-0.2, -0.15) is 10.3 Å². The lowest BCUT2D eigenvalue weighted by Crippen LogP contribution is -2.48. The van der Waals surface area contributed by atoms with Crippen molar-refractivity contribution in [3.05, 3.63) is 64.4 Å². The molecule has 6 heteroatoms. The van der Waals surface area contributed by atoms with E-state index in [0.29, 0.717) is 29.3 Å². The Bertz CT molecular complexity index is 808. The number of hydrogen-bond acceptors (Lipinski definition) is 4. The molecule has 1 heterocycles. The van der Waals surface area contributed by atoms with Crippen molar-refractivity contribution < 1.29 is 9.23 Å². The van der Waals surface area contributed by atoms with E-state index in [2.05, 4.69) is 11.0 Å². The van der Waals surface area contributed by atoms with E-state index < -0.39 is 0 Å². The summed E-state index contributed by atoms with van der Waals surface area (Å²) in [4.78, 5) is 7.79. The summed E-state index contributed by atoms with van der Waals surface area (Å²) in [5, 5.41) is 11.4. The van der Waals surface area contributed by atoms with Crippen molar-refractivity contribution in [3.8, 4) is 6.07 Å². The first-order valence-corrected chi connectivity index (χ1v) is 9.07. The Morgan fingerprint density at radius 3 is 2.85 bits per heavy atom. The summed E-state index contributed by atoms with van der Waals surface area (Å²) in [6.07, 6.45) is 0.836. The Labute approximate surface area is 158 Å². The van der Waals surface area contributed by atoms with Crippen molar-refractivity contribution in [1.29, 1.82) is 5.26 Å². The van der Waals surface area contributed by atoms with Crippen LogP contribution in [0, 0.1) is 17.1 Å². The van der Waals surface area contributed by atoms with Gasteiger partial charge in [-0.05, 0) is 30.7 Å². The standard InChI is InChI=1S/C20H21ClFN3O/c1-2-24-14-18(9-10-26-24)25(13-16-5-3-4-6-20(16)22)17-8-7-15(12-23)19(21)11-17/h3-8,11,18H,2,9-10,13-14H2,1H3/t18-/m0/s1. The first-order valence-electron chi connectivity index (χ1n) is 8.70. The molecule has 0 spiro atoms. The Morgan fingerprint density at radius 2 is 2.15 bits per heavy atom. The highest BCUT2D eigenvalue weighted by atomic mass is 35.5. The maximum atomic E-state index is 14.2. The van der Waals surface area contributed by atoms with Gasteiger partial charge in [-0.1, -0.05) is 36.7 Å². The van der Waals surface area contributed by atoms with E-state index in [1.54, 1.807) is 24.3 Å². The molecule has 0 unspecified atom stereocenters. The van der Waals surface area contributed by atoms with Crippen molar-refractivity contribution in [2.75, 3.05) is 24.6 Å². The molecule has 0 radical (unpaired) electrons. The van der Waals surface area contributed by atoms with Gasteiger partial charge in [-0.25, -0.2) is 4.39 Å². The molecule has 1 saturated heterocycles. The van der Waals surface area contributed by atoms with Crippen LogP contribution in [0.2, 0.25) is 5.02 Å². The molecule has 2 aromatic rings. The van der Waals surface area contributed by atoms with Gasteiger partial charge in [-0.15, -0.1) is 0 Å². The van der Waals surface area contributed by atoms with Gasteiger partial charge >= 0.3 is 0 Å². The van der Waals surface area contributed by atoms with E-state index >= 15 is 0 Å². The molecule has 1 aliphatic rings. The summed E-state index contributed by atoms with van der Waals surface area (Å²) in [5.74, 6) is -0.225. The molecule has 3 rings (SSSR count). The number of nitrogens with zero attached hydrogens (tertiary/aromatic N) is 3. The quantitative estimate of drug-likeness (QED) is 0.779. The maximum Gasteiger partial charge on any atom is 0.128 e. The number of benzene rings is 2. The third-order valence-electron chi connectivity index (χ3n) is 4.64. The van der Waals surface area contributed by atoms with E-state index in [1.165, 1.54) is 6.07 Å². The molecule has 0 saturated carbocycles. The number of nitriles is 1. The molecule has 0 aromatic heterocycles. The summed E-state index contributed by atoms with van der Waals surface area (Å²) in [7, 11) is 0. The van der Waals surface area contributed by atoms with Crippen molar-refractivity contribution in [2.24, 2.45) is 0 Å². The van der Waals surface area contributed by atoms with Crippen LogP contribution in [0.25, 0.3) is 0 Å². The largest absolute Gasteiger partial charge is 0.363 e. The van der Waals surface area contributed by atoms with Gasteiger partial charge in [0.15, 0.2) is 0 Å². The van der Waals surface area contributed by atoms with Crippen molar-refractivity contribution >= 4 is 17.3 Å². The molecule has 1 fully saturated rings. The smallest absolute Gasteiger partial charge is 0.128 e. The summed E-state index contributed by atoms with van der Waals surface area (Å²) >= 11 is 6.24. The van der Waals surface area contributed by atoms with Gasteiger partial charge < -0.3 is 4.90 Å². The minimum absolute atomic E-state index is 0.160. The SMILES string of the molecule is CCN1C[C@@H](N(Cc2ccccc2F)c2ccc(C#N)c(Cl)c2)CCO1. The fourth-order valence-corrected chi connectivity index (χ4v) is 3.40. The predicted molar refractivity (Wildman–Crippen MR) is 100 cm³/mol. The van der Waals surface area contributed by atoms with Crippen LogP contribution in [0.4, 0.5) is 10.1 Å². The fraction of sp³-hybridized carbons (Fsp3) is 0.350. The summed E-state index contributed by atoms with van der Waals surface area (Å²) in [6, 6.07) is 14.4. The van der Waals surface area contributed by atoms with Crippen LogP contribution < -0.4 is 4.90 Å². The number of halogens is 2. The molecule has 0 N–H and O–H groups in total. The molecule has 0 amide bonds. The van der Waals surface area contributed by atoms with E-state index in [9.17, 15) is 4.39 Å². The van der Waals surface area contributed by atoms with Gasteiger partial charge in [0, 0.05) is 36.9 Å². The average molecular weight is 374 g/mol. The van der Waals surface area contributed by atoms with E-state index in [1.807, 2.05) is 24.1 Å². The molecular weight excluding hydrogens is 353 g/mol. The van der Waals surface area contributed by atoms with Crippen molar-refractivity contribution in [3.63, 3.8) is 0 Å². The zero-order chi connectivity index (χ0) is 18.5. The van der Waals surface area contributed by atoms with Crippen LogP contribution >= 0.6 is 11.6 Å². The zero-order valence-electron chi connectivity index (χ0n) is 14.7. The van der Waals surface area contributed by atoms with Crippen molar-refractivity contribution in [1.82, 2.24) is 5.06 Å². The second-order valence-corrected chi connectivity index (χ2v) is 6.66. The van der Waals surface area contributed by atoms with Crippen LogP contribution in [-0.2, 0) is 11.4 Å². The maximum absolute atomic E-state index is 14.2. The topological polar surface area (TPSA) is 39.5 Å². The first kappa shape index (κ1) is 18.7. The number of likely N-dealkylation sites (N-methyl/N-ethyl adjacent to an activating group) is 1. The van der Waals surface area contributed by atoms with E-state index in [-0.39, 0.29) is 11.9 Å². The normalized spacial score (nSPS) is 17.7. The lowest BCUT2D eigenvalue weighted by Gasteiger charge is -2.40. The van der Waals surface area contributed by atoms with Gasteiger partial charge in [0.2, 0.25) is 0 Å². The molecular formula is C20H21ClFN3O. The highest BCUT2D eigenvalue weighted by Crippen LogP contribution is 2.29. The molecule has 4 nitrogen and oxygen atoms in total. The van der Waals surface area contributed by atoms with Crippen LogP contribution in [0.15, 0.2) is 42.5 Å². The molecule has 1 atom stereocenters. The second-order valence-electron chi connectivity index (χ2n) is 6.25. The van der Waals surface area contributed by atoms with Crippen molar-refractivity contribution in [2.45, 2.75) is 25.9 Å². The second kappa shape index (κ2) is 8.50. The third-order valence-corrected chi connectivity index (χ3v) is 4.95. The highest BCUT2D eigenvalue weighted by molar-refractivity contribution is 6.32. The number of hydroxylamine groups is 2. The highest BCUT2D eigenvalue weighted by Gasteiger charge is 2.27. The van der Waals surface area contributed by atoms with E-state index in [0.717, 1.165) is 25.2 Å².